The van der Waals surface area contributed by atoms with Crippen LogP contribution in [0.1, 0.15) is 24.6 Å². The minimum atomic E-state index is 0.565. The number of methoxy groups -OCH3 is 1. The van der Waals surface area contributed by atoms with Gasteiger partial charge in [0, 0.05) is 24.7 Å². The van der Waals surface area contributed by atoms with Gasteiger partial charge in [-0.15, -0.1) is 11.3 Å². The molecule has 0 saturated carbocycles. The summed E-state index contributed by atoms with van der Waals surface area (Å²) in [6.45, 7) is 5.89. The molecule has 0 bridgehead atoms. The lowest BCUT2D eigenvalue weighted by Crippen LogP contribution is -2.06. The standard InChI is InChI=1S/C9H16N2OS/c1-7(2)8-6-11-9(13-8)10-4-5-12-3/h6-7H,4-5H2,1-3H3,(H,10,11). The average molecular weight is 200 g/mol. The Balaban J connectivity index is 2.40. The first-order valence-electron chi connectivity index (χ1n) is 4.42. The summed E-state index contributed by atoms with van der Waals surface area (Å²) in [6.07, 6.45) is 1.93. The first-order chi connectivity index (χ1) is 6.24. The third-order valence-electron chi connectivity index (χ3n) is 1.68. The molecule has 1 aromatic heterocycles. The zero-order chi connectivity index (χ0) is 9.68. The van der Waals surface area contributed by atoms with Crippen molar-refractivity contribution in [1.82, 2.24) is 4.98 Å². The van der Waals surface area contributed by atoms with Crippen LogP contribution in [0.5, 0.6) is 0 Å². The smallest absolute Gasteiger partial charge is 0.182 e. The van der Waals surface area contributed by atoms with Gasteiger partial charge in [0.05, 0.1) is 6.61 Å². The van der Waals surface area contributed by atoms with Gasteiger partial charge < -0.3 is 10.1 Å². The Bertz CT molecular complexity index is 248. The van der Waals surface area contributed by atoms with Crippen molar-refractivity contribution in [3.8, 4) is 0 Å². The minimum Gasteiger partial charge on any atom is -0.383 e. The Morgan fingerprint density at radius 1 is 1.62 bits per heavy atom. The second-order valence-corrected chi connectivity index (χ2v) is 4.20. The van der Waals surface area contributed by atoms with Gasteiger partial charge >= 0.3 is 0 Å². The van der Waals surface area contributed by atoms with E-state index in [0.29, 0.717) is 5.92 Å². The third kappa shape index (κ3) is 3.32. The summed E-state index contributed by atoms with van der Waals surface area (Å²) in [4.78, 5) is 5.58. The summed E-state index contributed by atoms with van der Waals surface area (Å²) in [5, 5.41) is 4.19. The molecular formula is C9H16N2OS. The molecule has 0 aliphatic heterocycles. The molecule has 1 N–H and O–H groups in total. The number of hydrogen-bond acceptors (Lipinski definition) is 4. The molecule has 0 radical (unpaired) electrons. The number of ether oxygens (including phenoxy) is 1. The molecule has 4 heteroatoms. The van der Waals surface area contributed by atoms with Crippen LogP contribution in [-0.4, -0.2) is 25.2 Å². The molecule has 74 valence electrons. The molecule has 0 aromatic carbocycles. The van der Waals surface area contributed by atoms with Crippen molar-refractivity contribution in [2.24, 2.45) is 0 Å². The van der Waals surface area contributed by atoms with Gasteiger partial charge in [-0.25, -0.2) is 4.98 Å². The molecule has 1 heterocycles. The summed E-state index contributed by atoms with van der Waals surface area (Å²) >= 11 is 1.71. The fraction of sp³-hybridized carbons (Fsp3) is 0.667. The summed E-state index contributed by atoms with van der Waals surface area (Å²) in [5.41, 5.74) is 0. The van der Waals surface area contributed by atoms with E-state index in [-0.39, 0.29) is 0 Å². The van der Waals surface area contributed by atoms with E-state index in [0.717, 1.165) is 18.3 Å². The van der Waals surface area contributed by atoms with Crippen LogP contribution in [0.3, 0.4) is 0 Å². The first kappa shape index (κ1) is 10.5. The highest BCUT2D eigenvalue weighted by molar-refractivity contribution is 7.15. The summed E-state index contributed by atoms with van der Waals surface area (Å²) in [5.74, 6) is 0.565. The molecule has 0 fully saturated rings. The number of nitrogens with zero attached hydrogens (tertiary/aromatic N) is 1. The van der Waals surface area contributed by atoms with Crippen molar-refractivity contribution < 1.29 is 4.74 Å². The fourth-order valence-corrected chi connectivity index (χ4v) is 1.74. The number of anilines is 1. The quantitative estimate of drug-likeness (QED) is 0.741. The van der Waals surface area contributed by atoms with Crippen molar-refractivity contribution >= 4 is 16.5 Å². The largest absolute Gasteiger partial charge is 0.383 e. The fourth-order valence-electron chi connectivity index (χ4n) is 0.895. The lowest BCUT2D eigenvalue weighted by atomic mass is 10.2. The van der Waals surface area contributed by atoms with Gasteiger partial charge in [0.2, 0.25) is 0 Å². The lowest BCUT2D eigenvalue weighted by molar-refractivity contribution is 0.211. The van der Waals surface area contributed by atoms with Crippen LogP contribution in [0, 0.1) is 0 Å². The molecule has 0 atom stereocenters. The van der Waals surface area contributed by atoms with Gasteiger partial charge in [0.1, 0.15) is 0 Å². The van der Waals surface area contributed by atoms with Crippen LogP contribution in [-0.2, 0) is 4.74 Å². The Kier molecular flexibility index (Phi) is 4.18. The summed E-state index contributed by atoms with van der Waals surface area (Å²) in [6, 6.07) is 0. The van der Waals surface area contributed by atoms with Crippen LogP contribution in [0.15, 0.2) is 6.20 Å². The topological polar surface area (TPSA) is 34.1 Å². The SMILES string of the molecule is COCCNc1ncc(C(C)C)s1. The van der Waals surface area contributed by atoms with Gasteiger partial charge in [-0.05, 0) is 5.92 Å². The normalized spacial score (nSPS) is 10.8. The predicted octanol–water partition coefficient (Wildman–Crippen LogP) is 2.32. The maximum absolute atomic E-state index is 4.93. The van der Waals surface area contributed by atoms with E-state index in [9.17, 15) is 0 Å². The highest BCUT2D eigenvalue weighted by atomic mass is 32.1. The highest BCUT2D eigenvalue weighted by Crippen LogP contribution is 2.24. The van der Waals surface area contributed by atoms with Crippen molar-refractivity contribution in [2.75, 3.05) is 25.6 Å². The molecule has 3 nitrogen and oxygen atoms in total. The Hall–Kier alpha value is -0.610. The molecule has 13 heavy (non-hydrogen) atoms. The van der Waals surface area contributed by atoms with E-state index < -0.39 is 0 Å². The third-order valence-corrected chi connectivity index (χ3v) is 2.93. The van der Waals surface area contributed by atoms with E-state index in [1.807, 2.05) is 6.20 Å². The zero-order valence-electron chi connectivity index (χ0n) is 8.33. The highest BCUT2D eigenvalue weighted by Gasteiger charge is 2.04. The second-order valence-electron chi connectivity index (χ2n) is 3.14. The van der Waals surface area contributed by atoms with Crippen LogP contribution in [0.4, 0.5) is 5.13 Å². The number of aromatic nitrogens is 1. The van der Waals surface area contributed by atoms with Crippen LogP contribution in [0.2, 0.25) is 0 Å². The van der Waals surface area contributed by atoms with Crippen LogP contribution >= 0.6 is 11.3 Å². The monoisotopic (exact) mass is 200 g/mol. The van der Waals surface area contributed by atoms with Crippen LogP contribution < -0.4 is 5.32 Å². The molecule has 1 rings (SSSR count). The van der Waals surface area contributed by atoms with Gasteiger partial charge in [0.15, 0.2) is 5.13 Å². The lowest BCUT2D eigenvalue weighted by Gasteiger charge is -2.00. The Labute approximate surface area is 83.1 Å². The maximum Gasteiger partial charge on any atom is 0.182 e. The predicted molar refractivity (Wildman–Crippen MR) is 56.6 cm³/mol. The van der Waals surface area contributed by atoms with Gasteiger partial charge in [0.25, 0.3) is 0 Å². The average Bonchev–Trinajstić information content (AvgIpc) is 2.53. The molecule has 1 aromatic rings. The molecule has 0 saturated heterocycles. The van der Waals surface area contributed by atoms with Gasteiger partial charge in [-0.3, -0.25) is 0 Å². The van der Waals surface area contributed by atoms with Crippen molar-refractivity contribution in [2.45, 2.75) is 19.8 Å². The second kappa shape index (κ2) is 5.19. The first-order valence-corrected chi connectivity index (χ1v) is 5.24. The number of thiazole rings is 1. The maximum atomic E-state index is 4.93. The van der Waals surface area contributed by atoms with E-state index in [2.05, 4.69) is 24.1 Å². The van der Waals surface area contributed by atoms with Crippen molar-refractivity contribution in [3.63, 3.8) is 0 Å². The molecule has 0 unspecified atom stereocenters. The summed E-state index contributed by atoms with van der Waals surface area (Å²) < 4.78 is 4.93. The van der Waals surface area contributed by atoms with E-state index >= 15 is 0 Å². The van der Waals surface area contributed by atoms with Gasteiger partial charge in [-0.1, -0.05) is 13.8 Å². The van der Waals surface area contributed by atoms with Crippen LogP contribution in [0.25, 0.3) is 0 Å². The molecule has 0 aliphatic rings. The molecule has 0 spiro atoms. The van der Waals surface area contributed by atoms with E-state index in [4.69, 9.17) is 4.74 Å². The molecular weight excluding hydrogens is 184 g/mol. The summed E-state index contributed by atoms with van der Waals surface area (Å²) in [7, 11) is 1.70. The van der Waals surface area contributed by atoms with Gasteiger partial charge in [-0.2, -0.15) is 0 Å². The minimum absolute atomic E-state index is 0.565. The number of rotatable bonds is 5. The molecule has 0 amide bonds. The number of nitrogens with one attached hydrogen (secondary N) is 1. The Morgan fingerprint density at radius 3 is 2.92 bits per heavy atom. The van der Waals surface area contributed by atoms with Crippen molar-refractivity contribution in [1.29, 1.82) is 0 Å². The Morgan fingerprint density at radius 2 is 2.38 bits per heavy atom. The number of hydrogen-bond donors (Lipinski definition) is 1. The van der Waals surface area contributed by atoms with E-state index in [1.165, 1.54) is 4.88 Å². The van der Waals surface area contributed by atoms with Crippen molar-refractivity contribution in [3.05, 3.63) is 11.1 Å². The zero-order valence-corrected chi connectivity index (χ0v) is 9.15. The van der Waals surface area contributed by atoms with E-state index in [1.54, 1.807) is 18.4 Å². The molecule has 0 aliphatic carbocycles.